The minimum atomic E-state index is 0.518. The van der Waals surface area contributed by atoms with Gasteiger partial charge in [0.1, 0.15) is 6.61 Å². The van der Waals surface area contributed by atoms with Gasteiger partial charge in [0.05, 0.1) is 0 Å². The number of nitrogens with zero attached hydrogens (tertiary/aromatic N) is 2. The van der Waals surface area contributed by atoms with Crippen LogP contribution >= 0.6 is 0 Å². The zero-order chi connectivity index (χ0) is 11.2. The van der Waals surface area contributed by atoms with Crippen LogP contribution in [0, 0.1) is 0 Å². The fourth-order valence-electron chi connectivity index (χ4n) is 1.40. The highest BCUT2D eigenvalue weighted by Crippen LogP contribution is 2.18. The van der Waals surface area contributed by atoms with Crippen LogP contribution in [0.1, 0.15) is 37.6 Å². The van der Waals surface area contributed by atoms with Gasteiger partial charge in [-0.1, -0.05) is 6.92 Å². The molecule has 1 aromatic rings. The molecule has 1 N–H and O–H groups in total. The molecule has 0 spiro atoms. The van der Waals surface area contributed by atoms with Crippen molar-refractivity contribution in [1.29, 1.82) is 0 Å². The maximum atomic E-state index is 5.38. The second-order valence-corrected chi connectivity index (χ2v) is 4.22. The van der Waals surface area contributed by atoms with Crippen molar-refractivity contribution in [2.45, 2.75) is 45.4 Å². The first-order chi connectivity index (χ1) is 7.88. The standard InChI is InChI=1S/C12H19N3O/c1-2-5-16-9-12-14-7-10(8-15-12)6-13-11-3-4-11/h7-8,11,13H,2-6,9H2,1H3. The molecule has 0 unspecified atom stereocenters. The van der Waals surface area contributed by atoms with Crippen molar-refractivity contribution in [1.82, 2.24) is 15.3 Å². The van der Waals surface area contributed by atoms with Gasteiger partial charge < -0.3 is 10.1 Å². The molecule has 1 aliphatic rings. The minimum absolute atomic E-state index is 0.518. The van der Waals surface area contributed by atoms with Crippen molar-refractivity contribution < 1.29 is 4.74 Å². The molecule has 88 valence electrons. The van der Waals surface area contributed by atoms with Crippen molar-refractivity contribution in [3.63, 3.8) is 0 Å². The van der Waals surface area contributed by atoms with Crippen molar-refractivity contribution in [2.24, 2.45) is 0 Å². The average Bonchev–Trinajstić information content (AvgIpc) is 3.12. The van der Waals surface area contributed by atoms with E-state index < -0.39 is 0 Å². The third-order valence-electron chi connectivity index (χ3n) is 2.51. The van der Waals surface area contributed by atoms with Crippen LogP contribution in [-0.4, -0.2) is 22.6 Å². The van der Waals surface area contributed by atoms with E-state index in [1.807, 2.05) is 12.4 Å². The summed E-state index contributed by atoms with van der Waals surface area (Å²) in [6, 6.07) is 0.729. The monoisotopic (exact) mass is 221 g/mol. The maximum Gasteiger partial charge on any atom is 0.153 e. The summed E-state index contributed by atoms with van der Waals surface area (Å²) in [6.45, 7) is 4.26. The van der Waals surface area contributed by atoms with Gasteiger partial charge in [-0.25, -0.2) is 9.97 Å². The van der Waals surface area contributed by atoms with Gasteiger partial charge in [0, 0.05) is 37.2 Å². The smallest absolute Gasteiger partial charge is 0.153 e. The maximum absolute atomic E-state index is 5.38. The van der Waals surface area contributed by atoms with Crippen LogP contribution in [0.4, 0.5) is 0 Å². The molecule has 1 aromatic heterocycles. The van der Waals surface area contributed by atoms with Crippen molar-refractivity contribution in [3.05, 3.63) is 23.8 Å². The molecule has 0 amide bonds. The molecule has 4 nitrogen and oxygen atoms in total. The van der Waals surface area contributed by atoms with Crippen molar-refractivity contribution in [2.75, 3.05) is 6.61 Å². The summed E-state index contributed by atoms with van der Waals surface area (Å²) in [5.74, 6) is 0.767. The highest BCUT2D eigenvalue weighted by Gasteiger charge is 2.19. The van der Waals surface area contributed by atoms with Crippen LogP contribution < -0.4 is 5.32 Å². The predicted molar refractivity (Wildman–Crippen MR) is 61.8 cm³/mol. The van der Waals surface area contributed by atoms with Gasteiger partial charge in [-0.05, 0) is 19.3 Å². The van der Waals surface area contributed by atoms with E-state index in [4.69, 9.17) is 4.74 Å². The fourth-order valence-corrected chi connectivity index (χ4v) is 1.40. The van der Waals surface area contributed by atoms with Gasteiger partial charge in [0.25, 0.3) is 0 Å². The van der Waals surface area contributed by atoms with E-state index in [1.165, 1.54) is 12.8 Å². The first-order valence-electron chi connectivity index (χ1n) is 5.99. The molecule has 16 heavy (non-hydrogen) atoms. The second-order valence-electron chi connectivity index (χ2n) is 4.22. The molecular formula is C12H19N3O. The molecule has 0 atom stereocenters. The summed E-state index contributed by atoms with van der Waals surface area (Å²) in [5.41, 5.74) is 1.14. The van der Waals surface area contributed by atoms with Crippen LogP contribution in [0.2, 0.25) is 0 Å². The van der Waals surface area contributed by atoms with Crippen LogP contribution in [0.3, 0.4) is 0 Å². The van der Waals surface area contributed by atoms with Crippen LogP contribution in [0.15, 0.2) is 12.4 Å². The summed E-state index contributed by atoms with van der Waals surface area (Å²) >= 11 is 0. The Morgan fingerprint density at radius 3 is 2.75 bits per heavy atom. The van der Waals surface area contributed by atoms with Gasteiger partial charge >= 0.3 is 0 Å². The lowest BCUT2D eigenvalue weighted by Gasteiger charge is -2.04. The molecule has 1 saturated carbocycles. The Morgan fingerprint density at radius 2 is 2.12 bits per heavy atom. The van der Waals surface area contributed by atoms with Crippen LogP contribution in [0.25, 0.3) is 0 Å². The highest BCUT2D eigenvalue weighted by atomic mass is 16.5. The topological polar surface area (TPSA) is 47.0 Å². The highest BCUT2D eigenvalue weighted by molar-refractivity contribution is 5.05. The van der Waals surface area contributed by atoms with Gasteiger partial charge in [0.15, 0.2) is 5.82 Å². The summed E-state index contributed by atoms with van der Waals surface area (Å²) < 4.78 is 5.38. The number of rotatable bonds is 7. The van der Waals surface area contributed by atoms with Crippen LogP contribution in [0.5, 0.6) is 0 Å². The molecule has 1 heterocycles. The minimum Gasteiger partial charge on any atom is -0.373 e. The molecule has 1 fully saturated rings. The van der Waals surface area contributed by atoms with E-state index in [-0.39, 0.29) is 0 Å². The van der Waals surface area contributed by atoms with Gasteiger partial charge in [0.2, 0.25) is 0 Å². The normalized spacial score (nSPS) is 15.3. The Morgan fingerprint density at radius 1 is 1.38 bits per heavy atom. The molecule has 4 heteroatoms. The van der Waals surface area contributed by atoms with E-state index in [2.05, 4.69) is 22.2 Å². The molecule has 0 saturated heterocycles. The fraction of sp³-hybridized carbons (Fsp3) is 0.667. The summed E-state index contributed by atoms with van der Waals surface area (Å²) in [4.78, 5) is 8.55. The first-order valence-corrected chi connectivity index (χ1v) is 5.99. The SMILES string of the molecule is CCCOCc1ncc(CNC2CC2)cn1. The quantitative estimate of drug-likeness (QED) is 0.711. The average molecular weight is 221 g/mol. The van der Waals surface area contributed by atoms with E-state index >= 15 is 0 Å². The lowest BCUT2D eigenvalue weighted by atomic mass is 10.3. The Balaban J connectivity index is 1.74. The summed E-state index contributed by atoms with van der Waals surface area (Å²) in [5, 5.41) is 3.43. The van der Waals surface area contributed by atoms with E-state index in [1.54, 1.807) is 0 Å². The molecule has 0 aliphatic heterocycles. The molecular weight excluding hydrogens is 202 g/mol. The Kier molecular flexibility index (Phi) is 4.25. The van der Waals surface area contributed by atoms with Gasteiger partial charge in [-0.3, -0.25) is 0 Å². The lowest BCUT2D eigenvalue weighted by molar-refractivity contribution is 0.116. The molecule has 0 radical (unpaired) electrons. The number of ether oxygens (including phenoxy) is 1. The zero-order valence-electron chi connectivity index (χ0n) is 9.78. The lowest BCUT2D eigenvalue weighted by Crippen LogP contribution is -2.15. The van der Waals surface area contributed by atoms with E-state index in [9.17, 15) is 0 Å². The van der Waals surface area contributed by atoms with Gasteiger partial charge in [-0.15, -0.1) is 0 Å². The molecule has 0 aromatic carbocycles. The molecule has 2 rings (SSSR count). The Hall–Kier alpha value is -1.00. The number of hydrogen-bond donors (Lipinski definition) is 1. The predicted octanol–water partition coefficient (Wildman–Crippen LogP) is 1.66. The Bertz CT molecular complexity index is 309. The zero-order valence-corrected chi connectivity index (χ0v) is 9.78. The van der Waals surface area contributed by atoms with E-state index in [0.717, 1.165) is 37.0 Å². The summed E-state index contributed by atoms with van der Waals surface area (Å²) in [6.07, 6.45) is 7.41. The van der Waals surface area contributed by atoms with Crippen LogP contribution in [-0.2, 0) is 17.9 Å². The molecule has 1 aliphatic carbocycles. The van der Waals surface area contributed by atoms with Crippen molar-refractivity contribution >= 4 is 0 Å². The van der Waals surface area contributed by atoms with E-state index in [0.29, 0.717) is 6.61 Å². The largest absolute Gasteiger partial charge is 0.373 e. The third-order valence-corrected chi connectivity index (χ3v) is 2.51. The van der Waals surface area contributed by atoms with Crippen molar-refractivity contribution in [3.8, 4) is 0 Å². The summed E-state index contributed by atoms with van der Waals surface area (Å²) in [7, 11) is 0. The second kappa shape index (κ2) is 5.92. The number of hydrogen-bond acceptors (Lipinski definition) is 4. The third kappa shape index (κ3) is 3.87. The number of aromatic nitrogens is 2. The Labute approximate surface area is 96.4 Å². The van der Waals surface area contributed by atoms with Gasteiger partial charge in [-0.2, -0.15) is 0 Å². The first kappa shape index (κ1) is 11.5. The molecule has 0 bridgehead atoms. The number of nitrogens with one attached hydrogen (secondary N) is 1.